The van der Waals surface area contributed by atoms with Crippen LogP contribution >= 0.6 is 0 Å². The van der Waals surface area contributed by atoms with E-state index in [1.54, 1.807) is 0 Å². The maximum absolute atomic E-state index is 11.9. The molecule has 13 heavy (non-hydrogen) atoms. The highest BCUT2D eigenvalue weighted by molar-refractivity contribution is 4.95. The van der Waals surface area contributed by atoms with Gasteiger partial charge in [0.25, 0.3) is 0 Å². The Morgan fingerprint density at radius 3 is 3.08 bits per heavy atom. The van der Waals surface area contributed by atoms with Gasteiger partial charge >= 0.3 is 0 Å². The molecule has 0 aliphatic carbocycles. The lowest BCUT2D eigenvalue weighted by molar-refractivity contribution is 0.297. The van der Waals surface area contributed by atoms with Gasteiger partial charge in [-0.2, -0.15) is 0 Å². The molecule has 2 atom stereocenters. The normalized spacial score (nSPS) is 33.9. The van der Waals surface area contributed by atoms with E-state index in [0.29, 0.717) is 12.5 Å². The van der Waals surface area contributed by atoms with Crippen LogP contribution in [-0.2, 0) is 0 Å². The summed E-state index contributed by atoms with van der Waals surface area (Å²) in [4.78, 5) is 2.58. The third kappa shape index (κ3) is 2.02. The van der Waals surface area contributed by atoms with Gasteiger partial charge in [-0.15, -0.1) is 0 Å². The smallest absolute Gasteiger partial charge is 0.0906 e. The second-order valence-electron chi connectivity index (χ2n) is 4.14. The Balaban J connectivity index is 1.74. The molecule has 2 rings (SSSR count). The lowest BCUT2D eigenvalue weighted by Gasteiger charge is -2.20. The van der Waals surface area contributed by atoms with Gasteiger partial charge in [-0.25, -0.2) is 0 Å². The van der Waals surface area contributed by atoms with Crippen molar-refractivity contribution < 1.29 is 4.39 Å². The number of hydrogen-bond acceptors (Lipinski definition) is 2. The molecule has 2 saturated heterocycles. The summed E-state index contributed by atoms with van der Waals surface area (Å²) in [6, 6.07) is 1.41. The summed E-state index contributed by atoms with van der Waals surface area (Å²) in [5, 5.41) is 3.47. The average molecular weight is 186 g/mol. The Hall–Kier alpha value is -0.150. The van der Waals surface area contributed by atoms with E-state index in [0.717, 1.165) is 12.6 Å². The van der Waals surface area contributed by atoms with Gasteiger partial charge in [-0.05, 0) is 38.8 Å². The van der Waals surface area contributed by atoms with Crippen LogP contribution in [0.25, 0.3) is 0 Å². The molecule has 0 amide bonds. The van der Waals surface area contributed by atoms with Crippen molar-refractivity contribution in [3.8, 4) is 0 Å². The molecule has 0 aromatic rings. The van der Waals surface area contributed by atoms with Crippen LogP contribution in [0, 0.1) is 0 Å². The number of fused-ring (bicyclic) bond motifs is 1. The Morgan fingerprint density at radius 2 is 2.23 bits per heavy atom. The molecular formula is C10H19FN2. The van der Waals surface area contributed by atoms with Crippen molar-refractivity contribution in [2.45, 2.75) is 37.8 Å². The van der Waals surface area contributed by atoms with E-state index < -0.39 is 0 Å². The quantitative estimate of drug-likeness (QED) is 0.663. The summed E-state index contributed by atoms with van der Waals surface area (Å²) < 4.78 is 11.9. The second-order valence-corrected chi connectivity index (χ2v) is 4.14. The minimum absolute atomic E-state index is 0.186. The molecule has 2 aliphatic rings. The van der Waals surface area contributed by atoms with Crippen molar-refractivity contribution in [3.63, 3.8) is 0 Å². The zero-order chi connectivity index (χ0) is 9.10. The first-order chi connectivity index (χ1) is 6.42. The largest absolute Gasteiger partial charge is 0.312 e. The Morgan fingerprint density at radius 1 is 1.31 bits per heavy atom. The zero-order valence-electron chi connectivity index (χ0n) is 8.14. The number of alkyl halides is 1. The maximum Gasteiger partial charge on any atom is 0.0906 e. The van der Waals surface area contributed by atoms with E-state index in [9.17, 15) is 4.39 Å². The molecule has 2 aliphatic heterocycles. The molecule has 0 aromatic carbocycles. The van der Waals surface area contributed by atoms with Crippen molar-refractivity contribution in [1.29, 1.82) is 0 Å². The van der Waals surface area contributed by atoms with Gasteiger partial charge < -0.3 is 5.32 Å². The van der Waals surface area contributed by atoms with Crippen LogP contribution in [0.3, 0.4) is 0 Å². The molecule has 1 N–H and O–H groups in total. The van der Waals surface area contributed by atoms with E-state index >= 15 is 0 Å². The monoisotopic (exact) mass is 186 g/mol. The van der Waals surface area contributed by atoms with Crippen molar-refractivity contribution >= 4 is 0 Å². The summed E-state index contributed by atoms with van der Waals surface area (Å²) in [6.45, 7) is 3.20. The summed E-state index contributed by atoms with van der Waals surface area (Å²) >= 11 is 0. The van der Waals surface area contributed by atoms with E-state index in [4.69, 9.17) is 0 Å². The van der Waals surface area contributed by atoms with Crippen molar-refractivity contribution in [2.24, 2.45) is 0 Å². The predicted molar refractivity (Wildman–Crippen MR) is 51.6 cm³/mol. The molecule has 0 radical (unpaired) electrons. The molecule has 2 heterocycles. The molecular weight excluding hydrogens is 167 g/mol. The van der Waals surface area contributed by atoms with Gasteiger partial charge in [0.2, 0.25) is 0 Å². The number of nitrogens with one attached hydrogen (secondary N) is 1. The Kier molecular flexibility index (Phi) is 3.17. The summed E-state index contributed by atoms with van der Waals surface area (Å²) in [5.41, 5.74) is 0. The SMILES string of the molecule is FCCCNC1CCN2CCCC12. The van der Waals surface area contributed by atoms with Gasteiger partial charge in [0.1, 0.15) is 0 Å². The van der Waals surface area contributed by atoms with Crippen LogP contribution in [0.2, 0.25) is 0 Å². The van der Waals surface area contributed by atoms with E-state index in [1.807, 2.05) is 0 Å². The third-order valence-corrected chi connectivity index (χ3v) is 3.32. The number of rotatable bonds is 4. The fraction of sp³-hybridized carbons (Fsp3) is 1.00. The van der Waals surface area contributed by atoms with Crippen LogP contribution in [0.4, 0.5) is 4.39 Å². The summed E-state index contributed by atoms with van der Waals surface area (Å²) in [5.74, 6) is 0. The molecule has 76 valence electrons. The van der Waals surface area contributed by atoms with Crippen molar-refractivity contribution in [3.05, 3.63) is 0 Å². The molecule has 0 aromatic heterocycles. The molecule has 2 unspecified atom stereocenters. The topological polar surface area (TPSA) is 15.3 Å². The highest BCUT2D eigenvalue weighted by atomic mass is 19.1. The Labute approximate surface area is 79.5 Å². The van der Waals surface area contributed by atoms with Crippen LogP contribution in [0.15, 0.2) is 0 Å². The standard InChI is InChI=1S/C10H19FN2/c11-5-2-6-12-9-4-8-13-7-1-3-10(9)13/h9-10,12H,1-8H2. The second kappa shape index (κ2) is 4.38. The fourth-order valence-corrected chi connectivity index (χ4v) is 2.67. The van der Waals surface area contributed by atoms with E-state index in [2.05, 4.69) is 10.2 Å². The summed E-state index contributed by atoms with van der Waals surface area (Å²) in [6.07, 6.45) is 4.62. The molecule has 0 saturated carbocycles. The maximum atomic E-state index is 11.9. The molecule has 0 spiro atoms. The first-order valence-corrected chi connectivity index (χ1v) is 5.45. The lowest BCUT2D eigenvalue weighted by atomic mass is 10.1. The van der Waals surface area contributed by atoms with Crippen molar-refractivity contribution in [1.82, 2.24) is 10.2 Å². The van der Waals surface area contributed by atoms with Crippen LogP contribution in [0.5, 0.6) is 0 Å². The third-order valence-electron chi connectivity index (χ3n) is 3.32. The molecule has 3 heteroatoms. The van der Waals surface area contributed by atoms with Crippen LogP contribution in [0.1, 0.15) is 25.7 Å². The molecule has 0 bridgehead atoms. The van der Waals surface area contributed by atoms with Gasteiger partial charge in [-0.3, -0.25) is 9.29 Å². The van der Waals surface area contributed by atoms with Gasteiger partial charge in [0.15, 0.2) is 0 Å². The highest BCUT2D eigenvalue weighted by Gasteiger charge is 2.36. The molecule has 2 fully saturated rings. The predicted octanol–water partition coefficient (Wildman–Crippen LogP) is 1.17. The number of hydrogen-bond donors (Lipinski definition) is 1. The summed E-state index contributed by atoms with van der Waals surface area (Å²) in [7, 11) is 0. The number of halogens is 1. The van der Waals surface area contributed by atoms with E-state index in [1.165, 1.54) is 32.4 Å². The fourth-order valence-electron chi connectivity index (χ4n) is 2.67. The molecule has 2 nitrogen and oxygen atoms in total. The first-order valence-electron chi connectivity index (χ1n) is 5.45. The zero-order valence-corrected chi connectivity index (χ0v) is 8.14. The number of nitrogens with zero attached hydrogens (tertiary/aromatic N) is 1. The minimum atomic E-state index is -0.186. The minimum Gasteiger partial charge on any atom is -0.312 e. The lowest BCUT2D eigenvalue weighted by Crippen LogP contribution is -2.39. The highest BCUT2D eigenvalue weighted by Crippen LogP contribution is 2.27. The Bertz CT molecular complexity index is 163. The van der Waals surface area contributed by atoms with Crippen LogP contribution in [-0.4, -0.2) is 43.3 Å². The first kappa shape index (κ1) is 9.41. The van der Waals surface area contributed by atoms with Gasteiger partial charge in [-0.1, -0.05) is 0 Å². The van der Waals surface area contributed by atoms with Crippen LogP contribution < -0.4 is 5.32 Å². The average Bonchev–Trinajstić information content (AvgIpc) is 2.68. The van der Waals surface area contributed by atoms with Gasteiger partial charge in [0, 0.05) is 18.6 Å². The van der Waals surface area contributed by atoms with Crippen molar-refractivity contribution in [2.75, 3.05) is 26.3 Å². The van der Waals surface area contributed by atoms with Gasteiger partial charge in [0.05, 0.1) is 6.67 Å². The van der Waals surface area contributed by atoms with E-state index in [-0.39, 0.29) is 6.67 Å².